The molecule has 0 radical (unpaired) electrons. The maximum absolute atomic E-state index is 12.9. The van der Waals surface area contributed by atoms with Crippen LogP contribution in [0.1, 0.15) is 36.2 Å². The fourth-order valence-corrected chi connectivity index (χ4v) is 4.12. The second-order valence-corrected chi connectivity index (χ2v) is 7.98. The summed E-state index contributed by atoms with van der Waals surface area (Å²) in [5, 5.41) is 17.9. The Labute approximate surface area is 173 Å². The SMILES string of the molecule is Cn1cc2cc(NC(=O)c3coc(N4CC[C@H](O)C4)n3)c(N3CCCCC3)nc2n1. The van der Waals surface area contributed by atoms with Crippen LogP contribution in [-0.2, 0) is 7.05 Å². The molecular formula is C20H25N7O3. The Balaban J connectivity index is 1.42. The fourth-order valence-electron chi connectivity index (χ4n) is 4.12. The summed E-state index contributed by atoms with van der Waals surface area (Å²) in [4.78, 5) is 26.0. The number of nitrogens with one attached hydrogen (secondary N) is 1. The normalized spacial score (nSPS) is 19.6. The van der Waals surface area contributed by atoms with Gasteiger partial charge in [-0.05, 0) is 31.7 Å². The van der Waals surface area contributed by atoms with E-state index in [2.05, 4.69) is 20.3 Å². The molecule has 0 saturated carbocycles. The molecule has 30 heavy (non-hydrogen) atoms. The van der Waals surface area contributed by atoms with Crippen molar-refractivity contribution in [1.29, 1.82) is 0 Å². The smallest absolute Gasteiger partial charge is 0.298 e. The number of aryl methyl sites for hydroxylation is 1. The van der Waals surface area contributed by atoms with Crippen molar-refractivity contribution >= 4 is 34.5 Å². The highest BCUT2D eigenvalue weighted by Crippen LogP contribution is 2.30. The molecule has 10 nitrogen and oxygen atoms in total. The molecule has 0 aliphatic carbocycles. The Morgan fingerprint density at radius 1 is 1.20 bits per heavy atom. The lowest BCUT2D eigenvalue weighted by Gasteiger charge is -2.29. The van der Waals surface area contributed by atoms with Crippen LogP contribution in [0.4, 0.5) is 17.5 Å². The molecule has 0 bridgehead atoms. The van der Waals surface area contributed by atoms with E-state index in [4.69, 9.17) is 9.40 Å². The molecule has 1 atom stereocenters. The standard InChI is InChI=1S/C20H25N7O3/c1-25-10-13-9-15(18(23-17(13)24-25)26-6-3-2-4-7-26)21-19(29)16-12-30-20(22-16)27-8-5-14(28)11-27/h9-10,12,14,28H,2-8,11H2,1H3,(H,21,29)/t14-/m0/s1. The average Bonchev–Trinajstić information content (AvgIpc) is 3.46. The number of aliphatic hydroxyl groups is 1. The summed E-state index contributed by atoms with van der Waals surface area (Å²) in [7, 11) is 1.85. The first kappa shape index (κ1) is 18.9. The third kappa shape index (κ3) is 3.58. The fraction of sp³-hybridized carbons (Fsp3) is 0.500. The molecule has 2 aliphatic rings. The van der Waals surface area contributed by atoms with E-state index in [1.165, 1.54) is 12.7 Å². The molecule has 10 heteroatoms. The number of anilines is 3. The molecule has 2 N–H and O–H groups in total. The molecule has 5 heterocycles. The molecular weight excluding hydrogens is 386 g/mol. The number of amides is 1. The van der Waals surface area contributed by atoms with Gasteiger partial charge in [-0.3, -0.25) is 9.48 Å². The van der Waals surface area contributed by atoms with Gasteiger partial charge in [0.1, 0.15) is 6.26 Å². The van der Waals surface area contributed by atoms with Crippen LogP contribution < -0.4 is 15.1 Å². The summed E-state index contributed by atoms with van der Waals surface area (Å²) >= 11 is 0. The molecule has 5 rings (SSSR count). The minimum absolute atomic E-state index is 0.197. The van der Waals surface area contributed by atoms with Gasteiger partial charge in [-0.1, -0.05) is 0 Å². The molecule has 0 aromatic carbocycles. The Kier molecular flexibility index (Phi) is 4.78. The van der Waals surface area contributed by atoms with Crippen molar-refractivity contribution in [2.45, 2.75) is 31.8 Å². The van der Waals surface area contributed by atoms with Crippen LogP contribution in [0.2, 0.25) is 0 Å². The summed E-state index contributed by atoms with van der Waals surface area (Å²) in [5.41, 5.74) is 1.50. The van der Waals surface area contributed by atoms with E-state index in [1.807, 2.05) is 24.2 Å². The lowest BCUT2D eigenvalue weighted by molar-refractivity contribution is 0.102. The van der Waals surface area contributed by atoms with Gasteiger partial charge in [-0.2, -0.15) is 10.1 Å². The van der Waals surface area contributed by atoms with Gasteiger partial charge in [0.15, 0.2) is 17.2 Å². The van der Waals surface area contributed by atoms with Gasteiger partial charge in [0.05, 0.1) is 11.8 Å². The van der Waals surface area contributed by atoms with Crippen LogP contribution in [0, 0.1) is 0 Å². The molecule has 2 fully saturated rings. The van der Waals surface area contributed by atoms with Gasteiger partial charge >= 0.3 is 0 Å². The Morgan fingerprint density at radius 3 is 2.80 bits per heavy atom. The number of carbonyl (C=O) groups is 1. The van der Waals surface area contributed by atoms with Crippen molar-refractivity contribution in [1.82, 2.24) is 19.7 Å². The number of nitrogens with zero attached hydrogens (tertiary/aromatic N) is 6. The Bertz CT molecular complexity index is 1070. The minimum Gasteiger partial charge on any atom is -0.431 e. The third-order valence-corrected chi connectivity index (χ3v) is 5.65. The summed E-state index contributed by atoms with van der Waals surface area (Å²) in [6, 6.07) is 2.27. The Morgan fingerprint density at radius 2 is 2.03 bits per heavy atom. The largest absolute Gasteiger partial charge is 0.431 e. The van der Waals surface area contributed by atoms with Gasteiger partial charge in [-0.15, -0.1) is 0 Å². The zero-order valence-corrected chi connectivity index (χ0v) is 16.9. The summed E-state index contributed by atoms with van der Waals surface area (Å²) in [6.45, 7) is 2.92. The highest BCUT2D eigenvalue weighted by Gasteiger charge is 2.26. The number of fused-ring (bicyclic) bond motifs is 1. The van der Waals surface area contributed by atoms with E-state index in [0.29, 0.717) is 36.9 Å². The monoisotopic (exact) mass is 411 g/mol. The number of carbonyl (C=O) groups excluding carboxylic acids is 1. The maximum Gasteiger partial charge on any atom is 0.298 e. The number of hydrogen-bond acceptors (Lipinski definition) is 8. The molecule has 1 amide bonds. The summed E-state index contributed by atoms with van der Waals surface area (Å²) in [6.07, 6.45) is 6.92. The second kappa shape index (κ2) is 7.60. The van der Waals surface area contributed by atoms with Crippen LogP contribution in [0.15, 0.2) is 22.9 Å². The van der Waals surface area contributed by atoms with Crippen molar-refractivity contribution in [3.63, 3.8) is 0 Å². The van der Waals surface area contributed by atoms with Gasteiger partial charge in [-0.25, -0.2) is 4.98 Å². The quantitative estimate of drug-likeness (QED) is 0.668. The van der Waals surface area contributed by atoms with Crippen LogP contribution in [-0.4, -0.2) is 63.0 Å². The van der Waals surface area contributed by atoms with E-state index in [9.17, 15) is 9.90 Å². The lowest BCUT2D eigenvalue weighted by atomic mass is 10.1. The molecule has 2 saturated heterocycles. The highest BCUT2D eigenvalue weighted by molar-refractivity contribution is 6.05. The van der Waals surface area contributed by atoms with Crippen molar-refractivity contribution in [2.24, 2.45) is 7.05 Å². The predicted molar refractivity (Wildman–Crippen MR) is 112 cm³/mol. The number of oxazole rings is 1. The zero-order chi connectivity index (χ0) is 20.7. The first-order chi connectivity index (χ1) is 14.6. The van der Waals surface area contributed by atoms with E-state index in [0.717, 1.165) is 37.1 Å². The van der Waals surface area contributed by atoms with E-state index >= 15 is 0 Å². The molecule has 0 unspecified atom stereocenters. The van der Waals surface area contributed by atoms with Gasteiger partial charge in [0.2, 0.25) is 0 Å². The van der Waals surface area contributed by atoms with Gasteiger partial charge < -0.3 is 24.6 Å². The lowest BCUT2D eigenvalue weighted by Crippen LogP contribution is -2.31. The first-order valence-corrected chi connectivity index (χ1v) is 10.4. The highest BCUT2D eigenvalue weighted by atomic mass is 16.4. The zero-order valence-electron chi connectivity index (χ0n) is 16.9. The van der Waals surface area contributed by atoms with Gasteiger partial charge in [0, 0.05) is 44.8 Å². The maximum atomic E-state index is 12.9. The van der Waals surface area contributed by atoms with Crippen molar-refractivity contribution < 1.29 is 14.3 Å². The van der Waals surface area contributed by atoms with Crippen molar-refractivity contribution in [2.75, 3.05) is 41.3 Å². The molecule has 3 aromatic heterocycles. The van der Waals surface area contributed by atoms with Crippen molar-refractivity contribution in [3.8, 4) is 0 Å². The number of hydrogen-bond donors (Lipinski definition) is 2. The molecule has 158 valence electrons. The number of pyridine rings is 1. The molecule has 0 spiro atoms. The topological polar surface area (TPSA) is 113 Å². The van der Waals surface area contributed by atoms with E-state index < -0.39 is 6.10 Å². The average molecular weight is 411 g/mol. The van der Waals surface area contributed by atoms with Crippen molar-refractivity contribution in [3.05, 3.63) is 24.2 Å². The number of aromatic nitrogens is 4. The van der Waals surface area contributed by atoms with Crippen LogP contribution in [0.25, 0.3) is 11.0 Å². The summed E-state index contributed by atoms with van der Waals surface area (Å²) in [5.74, 6) is 0.383. The van der Waals surface area contributed by atoms with Crippen LogP contribution in [0.3, 0.4) is 0 Å². The van der Waals surface area contributed by atoms with E-state index in [-0.39, 0.29) is 11.6 Å². The number of rotatable bonds is 4. The Hall–Kier alpha value is -3.14. The summed E-state index contributed by atoms with van der Waals surface area (Å²) < 4.78 is 7.20. The van der Waals surface area contributed by atoms with Gasteiger partial charge in [0.25, 0.3) is 11.9 Å². The minimum atomic E-state index is -0.390. The van der Waals surface area contributed by atoms with Crippen LogP contribution in [0.5, 0.6) is 0 Å². The predicted octanol–water partition coefficient (Wildman–Crippen LogP) is 1.77. The molecule has 2 aliphatic heterocycles. The molecule has 3 aromatic rings. The number of β-amino-alcohol motifs (C(OH)–C–C–N with tert-alkyl or cyclic N) is 1. The van der Waals surface area contributed by atoms with Crippen LogP contribution >= 0.6 is 0 Å². The second-order valence-electron chi connectivity index (χ2n) is 7.98. The third-order valence-electron chi connectivity index (χ3n) is 5.65. The van der Waals surface area contributed by atoms with E-state index in [1.54, 1.807) is 4.68 Å². The number of piperidine rings is 1. The first-order valence-electron chi connectivity index (χ1n) is 10.4. The number of aliphatic hydroxyl groups excluding tert-OH is 1.